The number of hydrogen-bond donors (Lipinski definition) is 2. The van der Waals surface area contributed by atoms with Gasteiger partial charge < -0.3 is 11.1 Å². The van der Waals surface area contributed by atoms with E-state index in [0.717, 1.165) is 0 Å². The lowest BCUT2D eigenvalue weighted by atomic mass is 10.1. The van der Waals surface area contributed by atoms with Crippen LogP contribution in [0.25, 0.3) is 0 Å². The van der Waals surface area contributed by atoms with E-state index in [1.807, 2.05) is 13.8 Å². The molecule has 90 valence electrons. The van der Waals surface area contributed by atoms with Gasteiger partial charge in [0.2, 0.25) is 0 Å². The molecule has 3 N–H and O–H groups in total. The molecule has 0 aromatic carbocycles. The van der Waals surface area contributed by atoms with Crippen molar-refractivity contribution in [2.75, 3.05) is 5.73 Å². The summed E-state index contributed by atoms with van der Waals surface area (Å²) in [5, 5.41) is 6.96. The Hall–Kier alpha value is -1.52. The van der Waals surface area contributed by atoms with Crippen LogP contribution in [0.4, 0.5) is 5.69 Å². The Labute approximate surface area is 96.0 Å². The quantitative estimate of drug-likeness (QED) is 0.808. The Morgan fingerprint density at radius 1 is 1.56 bits per heavy atom. The molecule has 0 bridgehead atoms. The first-order chi connectivity index (χ1) is 7.47. The predicted molar refractivity (Wildman–Crippen MR) is 64.1 cm³/mol. The van der Waals surface area contributed by atoms with Crippen molar-refractivity contribution >= 4 is 11.6 Å². The standard InChI is InChI=1S/C11H20N4O/c1-5-15-10(9(12)6-13-15)11(16)14-8(4)7(2)3/h6-8H,5,12H2,1-4H3,(H,14,16). The zero-order chi connectivity index (χ0) is 12.3. The molecule has 0 saturated heterocycles. The number of anilines is 1. The fraction of sp³-hybridized carbons (Fsp3) is 0.636. The fourth-order valence-corrected chi connectivity index (χ4v) is 1.33. The zero-order valence-electron chi connectivity index (χ0n) is 10.3. The maximum absolute atomic E-state index is 12.0. The summed E-state index contributed by atoms with van der Waals surface area (Å²) in [5.74, 6) is 0.237. The second kappa shape index (κ2) is 5.01. The molecule has 0 saturated carbocycles. The molecule has 1 heterocycles. The van der Waals surface area contributed by atoms with E-state index in [1.165, 1.54) is 6.20 Å². The number of hydrogen-bond acceptors (Lipinski definition) is 3. The summed E-state index contributed by atoms with van der Waals surface area (Å²) in [7, 11) is 0. The minimum absolute atomic E-state index is 0.118. The molecular weight excluding hydrogens is 204 g/mol. The lowest BCUT2D eigenvalue weighted by Gasteiger charge is -2.17. The molecule has 0 fully saturated rings. The van der Waals surface area contributed by atoms with Gasteiger partial charge in [0.15, 0.2) is 0 Å². The second-order valence-corrected chi connectivity index (χ2v) is 4.27. The SMILES string of the molecule is CCn1ncc(N)c1C(=O)NC(C)C(C)C. The molecule has 0 aliphatic rings. The third-order valence-electron chi connectivity index (χ3n) is 2.74. The van der Waals surface area contributed by atoms with Crippen molar-refractivity contribution in [3.63, 3.8) is 0 Å². The van der Waals surface area contributed by atoms with Crippen LogP contribution in [-0.2, 0) is 6.54 Å². The van der Waals surface area contributed by atoms with Crippen molar-refractivity contribution in [2.45, 2.75) is 40.3 Å². The smallest absolute Gasteiger partial charge is 0.271 e. The van der Waals surface area contributed by atoms with Crippen LogP contribution in [0.5, 0.6) is 0 Å². The molecule has 1 amide bonds. The minimum Gasteiger partial charge on any atom is -0.396 e. The third-order valence-corrected chi connectivity index (χ3v) is 2.74. The van der Waals surface area contributed by atoms with Crippen LogP contribution in [0.1, 0.15) is 38.2 Å². The molecule has 1 atom stereocenters. The summed E-state index contributed by atoms with van der Waals surface area (Å²) in [6.45, 7) is 8.66. The summed E-state index contributed by atoms with van der Waals surface area (Å²) in [4.78, 5) is 12.0. The van der Waals surface area contributed by atoms with E-state index in [4.69, 9.17) is 5.73 Å². The number of nitrogens with two attached hydrogens (primary N) is 1. The molecule has 0 spiro atoms. The van der Waals surface area contributed by atoms with E-state index in [2.05, 4.69) is 24.3 Å². The maximum Gasteiger partial charge on any atom is 0.271 e. The van der Waals surface area contributed by atoms with Crippen LogP contribution in [0, 0.1) is 5.92 Å². The van der Waals surface area contributed by atoms with E-state index < -0.39 is 0 Å². The third kappa shape index (κ3) is 2.53. The number of nitrogens with one attached hydrogen (secondary N) is 1. The van der Waals surface area contributed by atoms with E-state index in [9.17, 15) is 4.79 Å². The summed E-state index contributed by atoms with van der Waals surface area (Å²) in [6.07, 6.45) is 1.51. The second-order valence-electron chi connectivity index (χ2n) is 4.27. The number of amides is 1. The van der Waals surface area contributed by atoms with Crippen LogP contribution in [0.3, 0.4) is 0 Å². The van der Waals surface area contributed by atoms with Gasteiger partial charge in [-0.05, 0) is 19.8 Å². The van der Waals surface area contributed by atoms with E-state index in [1.54, 1.807) is 4.68 Å². The van der Waals surface area contributed by atoms with Crippen molar-refractivity contribution in [3.8, 4) is 0 Å². The Morgan fingerprint density at radius 3 is 2.69 bits per heavy atom. The molecule has 1 unspecified atom stereocenters. The van der Waals surface area contributed by atoms with Gasteiger partial charge in [-0.25, -0.2) is 0 Å². The van der Waals surface area contributed by atoms with Crippen LogP contribution in [-0.4, -0.2) is 21.7 Å². The largest absolute Gasteiger partial charge is 0.396 e. The van der Waals surface area contributed by atoms with E-state index in [-0.39, 0.29) is 11.9 Å². The Morgan fingerprint density at radius 2 is 2.19 bits per heavy atom. The zero-order valence-corrected chi connectivity index (χ0v) is 10.3. The first-order valence-electron chi connectivity index (χ1n) is 5.59. The molecule has 0 aliphatic heterocycles. The fourth-order valence-electron chi connectivity index (χ4n) is 1.33. The Bertz CT molecular complexity index is 370. The topological polar surface area (TPSA) is 72.9 Å². The lowest BCUT2D eigenvalue weighted by molar-refractivity contribution is 0.0920. The normalized spacial score (nSPS) is 12.8. The number of nitrogens with zero attached hydrogens (tertiary/aromatic N) is 2. The predicted octanol–water partition coefficient (Wildman–Crippen LogP) is 1.26. The number of aryl methyl sites for hydroxylation is 1. The van der Waals surface area contributed by atoms with Crippen molar-refractivity contribution in [2.24, 2.45) is 5.92 Å². The number of rotatable bonds is 4. The molecule has 0 aliphatic carbocycles. The summed E-state index contributed by atoms with van der Waals surface area (Å²) < 4.78 is 1.61. The molecule has 5 nitrogen and oxygen atoms in total. The molecule has 0 radical (unpaired) electrons. The van der Waals surface area contributed by atoms with Crippen LogP contribution < -0.4 is 11.1 Å². The van der Waals surface area contributed by atoms with Gasteiger partial charge in [0.25, 0.3) is 5.91 Å². The summed E-state index contributed by atoms with van der Waals surface area (Å²) >= 11 is 0. The number of carbonyl (C=O) groups excluding carboxylic acids is 1. The highest BCUT2D eigenvalue weighted by molar-refractivity contribution is 5.97. The minimum atomic E-state index is -0.155. The first-order valence-corrected chi connectivity index (χ1v) is 5.59. The molecular formula is C11H20N4O. The van der Waals surface area contributed by atoms with Crippen molar-refractivity contribution in [3.05, 3.63) is 11.9 Å². The molecule has 16 heavy (non-hydrogen) atoms. The average molecular weight is 224 g/mol. The highest BCUT2D eigenvalue weighted by Gasteiger charge is 2.18. The van der Waals surface area contributed by atoms with Gasteiger partial charge in [-0.3, -0.25) is 9.48 Å². The monoisotopic (exact) mass is 224 g/mol. The van der Waals surface area contributed by atoms with Gasteiger partial charge in [0.1, 0.15) is 5.69 Å². The van der Waals surface area contributed by atoms with Gasteiger partial charge in [0, 0.05) is 12.6 Å². The van der Waals surface area contributed by atoms with Crippen molar-refractivity contribution < 1.29 is 4.79 Å². The van der Waals surface area contributed by atoms with Crippen molar-refractivity contribution in [1.82, 2.24) is 15.1 Å². The van der Waals surface area contributed by atoms with Crippen molar-refractivity contribution in [1.29, 1.82) is 0 Å². The van der Waals surface area contributed by atoms with Gasteiger partial charge in [-0.15, -0.1) is 0 Å². The molecule has 1 aromatic rings. The Kier molecular flexibility index (Phi) is 3.93. The van der Waals surface area contributed by atoms with Crippen LogP contribution in [0.15, 0.2) is 6.20 Å². The van der Waals surface area contributed by atoms with E-state index >= 15 is 0 Å². The molecule has 1 rings (SSSR count). The average Bonchev–Trinajstić information content (AvgIpc) is 2.59. The molecule has 1 aromatic heterocycles. The Balaban J connectivity index is 2.84. The lowest BCUT2D eigenvalue weighted by Crippen LogP contribution is -2.37. The number of aromatic nitrogens is 2. The van der Waals surface area contributed by atoms with Crippen LogP contribution >= 0.6 is 0 Å². The van der Waals surface area contributed by atoms with E-state index in [0.29, 0.717) is 23.8 Å². The van der Waals surface area contributed by atoms with Gasteiger partial charge in [-0.2, -0.15) is 5.10 Å². The summed E-state index contributed by atoms with van der Waals surface area (Å²) in [6, 6.07) is 0.118. The van der Waals surface area contributed by atoms with Gasteiger partial charge in [0.05, 0.1) is 11.9 Å². The van der Waals surface area contributed by atoms with Gasteiger partial charge >= 0.3 is 0 Å². The highest BCUT2D eigenvalue weighted by Crippen LogP contribution is 2.11. The van der Waals surface area contributed by atoms with Gasteiger partial charge in [-0.1, -0.05) is 13.8 Å². The first kappa shape index (κ1) is 12.5. The number of carbonyl (C=O) groups is 1. The maximum atomic E-state index is 12.0. The summed E-state index contributed by atoms with van der Waals surface area (Å²) in [5.41, 5.74) is 6.61. The molecule has 5 heteroatoms. The highest BCUT2D eigenvalue weighted by atomic mass is 16.2. The van der Waals surface area contributed by atoms with Crippen LogP contribution in [0.2, 0.25) is 0 Å². The number of nitrogen functional groups attached to an aromatic ring is 1.